The maximum Gasteiger partial charge on any atom is 0.313 e. The van der Waals surface area contributed by atoms with E-state index in [4.69, 9.17) is 9.84 Å². The first kappa shape index (κ1) is 14.9. The number of hydrogen-bond acceptors (Lipinski definition) is 4. The second kappa shape index (κ2) is 6.28. The van der Waals surface area contributed by atoms with Crippen molar-refractivity contribution in [3.8, 4) is 0 Å². The van der Waals surface area contributed by atoms with Crippen molar-refractivity contribution >= 4 is 28.8 Å². The molecule has 0 bridgehead atoms. The molecular formula is C14H18N2O3S. The van der Waals surface area contributed by atoms with Crippen molar-refractivity contribution in [2.24, 2.45) is 0 Å². The second-order valence-corrected chi connectivity index (χ2v) is 5.69. The van der Waals surface area contributed by atoms with E-state index in [0.717, 1.165) is 21.8 Å². The number of aliphatic carboxylic acids is 1. The Balaban J connectivity index is 2.47. The molecule has 0 spiro atoms. The molecule has 2 rings (SSSR count). The highest BCUT2D eigenvalue weighted by Crippen LogP contribution is 2.28. The predicted octanol–water partition coefficient (Wildman–Crippen LogP) is 2.73. The molecule has 1 aromatic heterocycles. The van der Waals surface area contributed by atoms with Crippen molar-refractivity contribution in [2.75, 3.05) is 19.5 Å². The molecule has 1 atom stereocenters. The number of carbonyl (C=O) groups is 1. The molecule has 20 heavy (non-hydrogen) atoms. The van der Waals surface area contributed by atoms with Crippen LogP contribution in [0.4, 0.5) is 0 Å². The summed E-state index contributed by atoms with van der Waals surface area (Å²) in [7, 11) is 1.66. The minimum absolute atomic E-state index is 0.00199. The number of carboxylic acid groups (broad SMARTS) is 1. The van der Waals surface area contributed by atoms with Crippen LogP contribution < -0.4 is 0 Å². The molecular weight excluding hydrogens is 276 g/mol. The lowest BCUT2D eigenvalue weighted by Crippen LogP contribution is -2.12. The van der Waals surface area contributed by atoms with Gasteiger partial charge >= 0.3 is 5.97 Å². The minimum atomic E-state index is -0.843. The van der Waals surface area contributed by atoms with Gasteiger partial charge in [-0.05, 0) is 31.5 Å². The highest BCUT2D eigenvalue weighted by molar-refractivity contribution is 7.99. The lowest BCUT2D eigenvalue weighted by atomic mass is 10.2. The molecule has 1 N–H and O–H groups in total. The number of carboxylic acids is 1. The molecule has 1 heterocycles. The molecule has 108 valence electrons. The van der Waals surface area contributed by atoms with Crippen LogP contribution in [-0.4, -0.2) is 40.1 Å². The molecule has 0 fully saturated rings. The minimum Gasteiger partial charge on any atom is -0.481 e. The smallest absolute Gasteiger partial charge is 0.313 e. The van der Waals surface area contributed by atoms with Gasteiger partial charge in [-0.2, -0.15) is 0 Å². The summed E-state index contributed by atoms with van der Waals surface area (Å²) in [5.74, 6) is -0.841. The van der Waals surface area contributed by atoms with Gasteiger partial charge < -0.3 is 14.4 Å². The average molecular weight is 294 g/mol. The Morgan fingerprint density at radius 2 is 2.30 bits per heavy atom. The zero-order valence-corrected chi connectivity index (χ0v) is 12.6. The topological polar surface area (TPSA) is 64.3 Å². The highest BCUT2D eigenvalue weighted by Gasteiger charge is 2.17. The van der Waals surface area contributed by atoms with Crippen LogP contribution in [0.25, 0.3) is 11.0 Å². The summed E-state index contributed by atoms with van der Waals surface area (Å²) in [6.45, 7) is 4.61. The van der Waals surface area contributed by atoms with E-state index in [0.29, 0.717) is 6.61 Å². The Morgan fingerprint density at radius 3 is 2.95 bits per heavy atom. The van der Waals surface area contributed by atoms with Crippen LogP contribution >= 0.6 is 11.8 Å². The van der Waals surface area contributed by atoms with Crippen molar-refractivity contribution < 1.29 is 14.6 Å². The molecule has 0 saturated heterocycles. The van der Waals surface area contributed by atoms with Crippen molar-refractivity contribution in [1.29, 1.82) is 0 Å². The van der Waals surface area contributed by atoms with Gasteiger partial charge in [0.05, 0.1) is 29.4 Å². The number of thioether (sulfide) groups is 1. The summed E-state index contributed by atoms with van der Waals surface area (Å²) in [6.07, 6.45) is 0. The van der Waals surface area contributed by atoms with Gasteiger partial charge in [0.1, 0.15) is 0 Å². The first-order chi connectivity index (χ1) is 9.52. The fraction of sp³-hybridized carbons (Fsp3) is 0.429. The van der Waals surface area contributed by atoms with Crippen LogP contribution in [0.15, 0.2) is 23.4 Å². The Kier molecular flexibility index (Phi) is 4.67. The maximum atomic E-state index is 10.8. The molecule has 0 aliphatic rings. The quantitative estimate of drug-likeness (QED) is 0.830. The zero-order valence-electron chi connectivity index (χ0n) is 11.8. The van der Waals surface area contributed by atoms with E-state index in [1.54, 1.807) is 7.11 Å². The number of imidazole rings is 1. The number of benzene rings is 1. The molecule has 6 heteroatoms. The summed E-state index contributed by atoms with van der Waals surface area (Å²) < 4.78 is 7.25. The predicted molar refractivity (Wildman–Crippen MR) is 79.4 cm³/mol. The van der Waals surface area contributed by atoms with E-state index < -0.39 is 5.97 Å². The van der Waals surface area contributed by atoms with Gasteiger partial charge in [-0.15, -0.1) is 0 Å². The van der Waals surface area contributed by atoms with Crippen molar-refractivity contribution in [1.82, 2.24) is 9.55 Å². The summed E-state index contributed by atoms with van der Waals surface area (Å²) in [5, 5.41) is 9.56. The van der Waals surface area contributed by atoms with Crippen LogP contribution in [0.1, 0.15) is 18.5 Å². The molecule has 2 aromatic rings. The van der Waals surface area contributed by atoms with Crippen molar-refractivity contribution in [3.05, 3.63) is 23.8 Å². The van der Waals surface area contributed by atoms with Gasteiger partial charge in [-0.3, -0.25) is 4.79 Å². The number of rotatable bonds is 6. The maximum absolute atomic E-state index is 10.8. The third-order valence-electron chi connectivity index (χ3n) is 2.99. The molecule has 0 aliphatic heterocycles. The van der Waals surface area contributed by atoms with E-state index in [2.05, 4.69) is 4.98 Å². The number of aromatic nitrogens is 2. The van der Waals surface area contributed by atoms with Gasteiger partial charge in [-0.25, -0.2) is 4.98 Å². The Labute approximate surface area is 121 Å². The number of aryl methyl sites for hydroxylation is 1. The number of nitrogens with zero attached hydrogens (tertiary/aromatic N) is 2. The lowest BCUT2D eigenvalue weighted by Gasteiger charge is -2.16. The number of hydrogen-bond donors (Lipinski definition) is 1. The summed E-state index contributed by atoms with van der Waals surface area (Å²) >= 11 is 1.24. The lowest BCUT2D eigenvalue weighted by molar-refractivity contribution is -0.133. The van der Waals surface area contributed by atoms with E-state index in [9.17, 15) is 4.79 Å². The van der Waals surface area contributed by atoms with Crippen LogP contribution in [0.2, 0.25) is 0 Å². The Bertz CT molecular complexity index is 624. The largest absolute Gasteiger partial charge is 0.481 e. The van der Waals surface area contributed by atoms with E-state index >= 15 is 0 Å². The Morgan fingerprint density at radius 1 is 1.55 bits per heavy atom. The molecule has 0 radical (unpaired) electrons. The first-order valence-corrected chi connectivity index (χ1v) is 7.33. The molecule has 1 unspecified atom stereocenters. The molecule has 0 aliphatic carbocycles. The number of ether oxygens (including phenoxy) is 1. The van der Waals surface area contributed by atoms with Crippen LogP contribution in [0.5, 0.6) is 0 Å². The number of fused-ring (bicyclic) bond motifs is 1. The van der Waals surface area contributed by atoms with Crippen LogP contribution in [0, 0.1) is 6.92 Å². The fourth-order valence-corrected chi connectivity index (χ4v) is 2.99. The van der Waals surface area contributed by atoms with E-state index in [1.807, 2.05) is 36.6 Å². The van der Waals surface area contributed by atoms with Crippen LogP contribution in [0.3, 0.4) is 0 Å². The van der Waals surface area contributed by atoms with Crippen LogP contribution in [-0.2, 0) is 9.53 Å². The summed E-state index contributed by atoms with van der Waals surface area (Å²) in [5.41, 5.74) is 3.03. The van der Waals surface area contributed by atoms with E-state index in [1.165, 1.54) is 11.8 Å². The third kappa shape index (κ3) is 3.13. The SMILES string of the molecule is COCC(C)n1c(SCC(=O)O)nc2cc(C)ccc21. The number of methoxy groups -OCH3 is 1. The second-order valence-electron chi connectivity index (χ2n) is 4.74. The summed E-state index contributed by atoms with van der Waals surface area (Å²) in [4.78, 5) is 15.3. The van der Waals surface area contributed by atoms with E-state index in [-0.39, 0.29) is 11.8 Å². The standard InChI is InChI=1S/C14H18N2O3S/c1-9-4-5-12-11(6-9)15-14(20-8-13(17)18)16(12)10(2)7-19-3/h4-6,10H,7-8H2,1-3H3,(H,17,18). The van der Waals surface area contributed by atoms with Crippen molar-refractivity contribution in [2.45, 2.75) is 25.0 Å². The first-order valence-electron chi connectivity index (χ1n) is 6.35. The van der Waals surface area contributed by atoms with Gasteiger partial charge in [0.2, 0.25) is 0 Å². The molecule has 0 amide bonds. The third-order valence-corrected chi connectivity index (χ3v) is 3.92. The average Bonchev–Trinajstić information content (AvgIpc) is 2.74. The van der Waals surface area contributed by atoms with Gasteiger partial charge in [-0.1, -0.05) is 17.8 Å². The normalized spacial score (nSPS) is 12.8. The zero-order chi connectivity index (χ0) is 14.7. The van der Waals surface area contributed by atoms with Gasteiger partial charge in [0.25, 0.3) is 0 Å². The summed E-state index contributed by atoms with van der Waals surface area (Å²) in [6, 6.07) is 6.17. The highest BCUT2D eigenvalue weighted by atomic mass is 32.2. The molecule has 0 saturated carbocycles. The Hall–Kier alpha value is -1.53. The fourth-order valence-electron chi connectivity index (χ4n) is 2.16. The van der Waals surface area contributed by atoms with Crippen molar-refractivity contribution in [3.63, 3.8) is 0 Å². The molecule has 1 aromatic carbocycles. The van der Waals surface area contributed by atoms with Gasteiger partial charge in [0.15, 0.2) is 5.16 Å². The molecule has 5 nitrogen and oxygen atoms in total. The monoisotopic (exact) mass is 294 g/mol. The van der Waals surface area contributed by atoms with Gasteiger partial charge in [0, 0.05) is 7.11 Å².